The molecule has 2 rings (SSSR count). The van der Waals surface area contributed by atoms with E-state index in [0.29, 0.717) is 0 Å². The zero-order chi connectivity index (χ0) is 11.9. The van der Waals surface area contributed by atoms with Gasteiger partial charge in [-0.15, -0.1) is 0 Å². The van der Waals surface area contributed by atoms with E-state index in [9.17, 15) is 13.2 Å². The lowest BCUT2D eigenvalue weighted by Crippen LogP contribution is -2.29. The standard InChI is InChI=1S/C11H12O4S/c1-7-6-16(13,14)11-8(10(7)12)4-3-5-9(11)15-2/h3-5,7H,6H2,1-2H3. The van der Waals surface area contributed by atoms with Crippen molar-refractivity contribution in [2.45, 2.75) is 11.8 Å². The molecule has 5 heteroatoms. The van der Waals surface area contributed by atoms with Gasteiger partial charge in [-0.05, 0) is 12.1 Å². The van der Waals surface area contributed by atoms with Crippen LogP contribution in [0, 0.1) is 5.92 Å². The highest BCUT2D eigenvalue weighted by molar-refractivity contribution is 7.91. The summed E-state index contributed by atoms with van der Waals surface area (Å²) in [7, 11) is -2.02. The maximum Gasteiger partial charge on any atom is 0.183 e. The van der Waals surface area contributed by atoms with E-state index in [1.54, 1.807) is 19.1 Å². The van der Waals surface area contributed by atoms with E-state index in [0.717, 1.165) is 0 Å². The molecule has 4 nitrogen and oxygen atoms in total. The predicted octanol–water partition coefficient (Wildman–Crippen LogP) is 1.30. The van der Waals surface area contributed by atoms with Gasteiger partial charge in [0.05, 0.1) is 12.9 Å². The van der Waals surface area contributed by atoms with Crippen LogP contribution in [-0.2, 0) is 9.84 Å². The normalized spacial score (nSPS) is 22.6. The maximum absolute atomic E-state index is 12.0. The van der Waals surface area contributed by atoms with Crippen molar-refractivity contribution < 1.29 is 17.9 Å². The molecule has 1 aliphatic heterocycles. The van der Waals surface area contributed by atoms with Crippen molar-refractivity contribution in [1.29, 1.82) is 0 Å². The van der Waals surface area contributed by atoms with Gasteiger partial charge in [0.1, 0.15) is 10.6 Å². The highest BCUT2D eigenvalue weighted by Gasteiger charge is 2.36. The molecule has 0 saturated heterocycles. The molecule has 1 aliphatic rings. The number of carbonyl (C=O) groups excluding carboxylic acids is 1. The Kier molecular flexibility index (Phi) is 2.50. The summed E-state index contributed by atoms with van der Waals surface area (Å²) in [5.74, 6) is -0.509. The van der Waals surface area contributed by atoms with Gasteiger partial charge in [0, 0.05) is 11.5 Å². The van der Waals surface area contributed by atoms with Crippen LogP contribution in [0.3, 0.4) is 0 Å². The number of ether oxygens (including phenoxy) is 1. The average molecular weight is 240 g/mol. The minimum absolute atomic E-state index is 0.0422. The molecule has 1 atom stereocenters. The Hall–Kier alpha value is -1.36. The highest BCUT2D eigenvalue weighted by atomic mass is 32.2. The van der Waals surface area contributed by atoms with E-state index >= 15 is 0 Å². The van der Waals surface area contributed by atoms with E-state index in [-0.39, 0.29) is 27.7 Å². The van der Waals surface area contributed by atoms with Crippen LogP contribution in [0.25, 0.3) is 0 Å². The number of carbonyl (C=O) groups is 1. The van der Waals surface area contributed by atoms with E-state index in [1.807, 2.05) is 0 Å². The number of sulfone groups is 1. The van der Waals surface area contributed by atoms with E-state index in [2.05, 4.69) is 0 Å². The molecule has 0 bridgehead atoms. The predicted molar refractivity (Wildman–Crippen MR) is 58.5 cm³/mol. The summed E-state index contributed by atoms with van der Waals surface area (Å²) in [5, 5.41) is 0. The monoisotopic (exact) mass is 240 g/mol. The van der Waals surface area contributed by atoms with Crippen LogP contribution in [0.15, 0.2) is 23.1 Å². The molecule has 1 heterocycles. The van der Waals surface area contributed by atoms with Crippen LogP contribution in [0.2, 0.25) is 0 Å². The molecule has 1 aromatic carbocycles. The first-order valence-corrected chi connectivity index (χ1v) is 6.56. The molecule has 0 spiro atoms. The Labute approximate surface area is 94.2 Å². The van der Waals surface area contributed by atoms with Crippen molar-refractivity contribution in [3.05, 3.63) is 23.8 Å². The Morgan fingerprint density at radius 1 is 1.38 bits per heavy atom. The molecular weight excluding hydrogens is 228 g/mol. The third kappa shape index (κ3) is 1.51. The molecule has 1 aromatic rings. The molecule has 86 valence electrons. The van der Waals surface area contributed by atoms with Crippen molar-refractivity contribution in [3.8, 4) is 5.75 Å². The zero-order valence-corrected chi connectivity index (χ0v) is 9.87. The van der Waals surface area contributed by atoms with Gasteiger partial charge in [-0.25, -0.2) is 8.42 Å². The number of methoxy groups -OCH3 is 1. The second-order valence-electron chi connectivity index (χ2n) is 3.88. The summed E-state index contributed by atoms with van der Waals surface area (Å²) >= 11 is 0. The number of Topliss-reactive ketones (excluding diaryl/α,β-unsaturated/α-hetero) is 1. The Morgan fingerprint density at radius 3 is 2.69 bits per heavy atom. The van der Waals surface area contributed by atoms with Gasteiger partial charge in [0.2, 0.25) is 0 Å². The van der Waals surface area contributed by atoms with Crippen LogP contribution in [-0.4, -0.2) is 27.1 Å². The fourth-order valence-electron chi connectivity index (χ4n) is 1.95. The smallest absolute Gasteiger partial charge is 0.183 e. The van der Waals surface area contributed by atoms with Crippen molar-refractivity contribution in [2.24, 2.45) is 5.92 Å². The average Bonchev–Trinajstić information content (AvgIpc) is 2.24. The maximum atomic E-state index is 12.0. The minimum Gasteiger partial charge on any atom is -0.495 e. The van der Waals surface area contributed by atoms with E-state index < -0.39 is 15.8 Å². The topological polar surface area (TPSA) is 60.4 Å². The van der Waals surface area contributed by atoms with Crippen molar-refractivity contribution in [1.82, 2.24) is 0 Å². The van der Waals surface area contributed by atoms with Gasteiger partial charge in [0.25, 0.3) is 0 Å². The largest absolute Gasteiger partial charge is 0.495 e. The van der Waals surface area contributed by atoms with Crippen molar-refractivity contribution in [3.63, 3.8) is 0 Å². The number of ketones is 1. The minimum atomic E-state index is -3.41. The quantitative estimate of drug-likeness (QED) is 0.742. The summed E-state index contributed by atoms with van der Waals surface area (Å²) in [4.78, 5) is 11.9. The highest BCUT2D eigenvalue weighted by Crippen LogP contribution is 2.34. The SMILES string of the molecule is COc1cccc2c1S(=O)(=O)CC(C)C2=O. The van der Waals surface area contributed by atoms with Crippen molar-refractivity contribution in [2.75, 3.05) is 12.9 Å². The van der Waals surface area contributed by atoms with Gasteiger partial charge in [-0.3, -0.25) is 4.79 Å². The first-order chi connectivity index (χ1) is 7.47. The summed E-state index contributed by atoms with van der Waals surface area (Å²) in [6.45, 7) is 1.63. The summed E-state index contributed by atoms with van der Waals surface area (Å²) in [6, 6.07) is 4.72. The first kappa shape index (κ1) is 11.1. The van der Waals surface area contributed by atoms with E-state index in [4.69, 9.17) is 4.74 Å². The third-order valence-electron chi connectivity index (χ3n) is 2.69. The van der Waals surface area contributed by atoms with Gasteiger partial charge in [-0.1, -0.05) is 13.0 Å². The van der Waals surface area contributed by atoms with Crippen molar-refractivity contribution >= 4 is 15.6 Å². The van der Waals surface area contributed by atoms with Crippen LogP contribution in [0.1, 0.15) is 17.3 Å². The fourth-order valence-corrected chi connectivity index (χ4v) is 3.88. The molecule has 0 aromatic heterocycles. The van der Waals surface area contributed by atoms with Crippen LogP contribution < -0.4 is 4.74 Å². The second-order valence-corrected chi connectivity index (χ2v) is 5.85. The molecule has 16 heavy (non-hydrogen) atoms. The summed E-state index contributed by atoms with van der Waals surface area (Å²) < 4.78 is 29.0. The van der Waals surface area contributed by atoms with Gasteiger partial charge >= 0.3 is 0 Å². The second kappa shape index (κ2) is 3.59. The Morgan fingerprint density at radius 2 is 2.06 bits per heavy atom. The van der Waals surface area contributed by atoms with Crippen LogP contribution in [0.5, 0.6) is 5.75 Å². The van der Waals surface area contributed by atoms with Crippen LogP contribution in [0.4, 0.5) is 0 Å². The van der Waals surface area contributed by atoms with Gasteiger partial charge < -0.3 is 4.74 Å². The summed E-state index contributed by atoms with van der Waals surface area (Å²) in [5.41, 5.74) is 0.248. The van der Waals surface area contributed by atoms with E-state index in [1.165, 1.54) is 13.2 Å². The third-order valence-corrected chi connectivity index (χ3v) is 4.67. The lowest BCUT2D eigenvalue weighted by atomic mass is 10.00. The summed E-state index contributed by atoms with van der Waals surface area (Å²) in [6.07, 6.45) is 0. The number of hydrogen-bond acceptors (Lipinski definition) is 4. The number of rotatable bonds is 1. The Balaban J connectivity index is 2.79. The number of hydrogen-bond donors (Lipinski definition) is 0. The Bertz CT molecular complexity index is 545. The molecule has 0 amide bonds. The number of benzene rings is 1. The van der Waals surface area contributed by atoms with Gasteiger partial charge in [-0.2, -0.15) is 0 Å². The lowest BCUT2D eigenvalue weighted by Gasteiger charge is -2.21. The molecule has 0 fully saturated rings. The first-order valence-electron chi connectivity index (χ1n) is 4.91. The lowest BCUT2D eigenvalue weighted by molar-refractivity contribution is 0.0933. The molecule has 0 saturated carbocycles. The number of fused-ring (bicyclic) bond motifs is 1. The molecule has 0 aliphatic carbocycles. The zero-order valence-electron chi connectivity index (χ0n) is 9.06. The molecule has 0 radical (unpaired) electrons. The van der Waals surface area contributed by atoms with Gasteiger partial charge in [0.15, 0.2) is 15.6 Å². The van der Waals surface area contributed by atoms with Crippen LogP contribution >= 0.6 is 0 Å². The molecule has 1 unspecified atom stereocenters. The molecule has 0 N–H and O–H groups in total. The molecular formula is C11H12O4S. The fraction of sp³-hybridized carbons (Fsp3) is 0.364.